The maximum absolute atomic E-state index is 11.4. The first-order valence-corrected chi connectivity index (χ1v) is 5.54. The molecule has 0 radical (unpaired) electrons. The lowest BCUT2D eigenvalue weighted by molar-refractivity contribution is 0.409. The van der Waals surface area contributed by atoms with Crippen LogP contribution in [0.15, 0.2) is 10.9 Å². The van der Waals surface area contributed by atoms with Crippen molar-refractivity contribution in [3.8, 4) is 0 Å². The van der Waals surface area contributed by atoms with Crippen molar-refractivity contribution in [2.24, 2.45) is 5.73 Å². The Morgan fingerprint density at radius 2 is 2.43 bits per heavy atom. The molecule has 1 heterocycles. The summed E-state index contributed by atoms with van der Waals surface area (Å²) in [5.41, 5.74) is 5.24. The van der Waals surface area contributed by atoms with E-state index in [2.05, 4.69) is 19.4 Å². The predicted molar refractivity (Wildman–Crippen MR) is 48.6 cm³/mol. The second-order valence-electron chi connectivity index (χ2n) is 2.76. The molecule has 0 fully saturated rings. The van der Waals surface area contributed by atoms with Gasteiger partial charge in [-0.05, 0) is 6.92 Å². The second kappa shape index (κ2) is 4.49. The Labute approximate surface area is 81.7 Å². The molecule has 0 saturated carbocycles. The van der Waals surface area contributed by atoms with Crippen molar-refractivity contribution in [1.29, 1.82) is 0 Å². The fourth-order valence-corrected chi connectivity index (χ4v) is 1.57. The number of nitrogens with zero attached hydrogens (tertiary/aromatic N) is 2. The molecule has 0 aliphatic carbocycles. The summed E-state index contributed by atoms with van der Waals surface area (Å²) in [6, 6.07) is 0. The molecule has 3 N–H and O–H groups in total. The molecule has 0 bridgehead atoms. The lowest BCUT2D eigenvalue weighted by atomic mass is 10.5. The van der Waals surface area contributed by atoms with Gasteiger partial charge in [-0.2, -0.15) is 4.98 Å². The van der Waals surface area contributed by atoms with Crippen LogP contribution in [0.5, 0.6) is 0 Å². The van der Waals surface area contributed by atoms with E-state index in [1.165, 1.54) is 6.92 Å². The lowest BCUT2D eigenvalue weighted by Gasteiger charge is -2.09. The van der Waals surface area contributed by atoms with Crippen LogP contribution in [0.2, 0.25) is 0 Å². The van der Waals surface area contributed by atoms with Crippen LogP contribution in [0.4, 0.5) is 0 Å². The number of hydrogen-bond acceptors (Lipinski definition) is 6. The molecule has 8 heteroatoms. The number of nitrogens with two attached hydrogens (primary N) is 1. The summed E-state index contributed by atoms with van der Waals surface area (Å²) in [5.74, 6) is 0.290. The fourth-order valence-electron chi connectivity index (χ4n) is 0.704. The zero-order valence-corrected chi connectivity index (χ0v) is 8.49. The Hall–Kier alpha value is -0.990. The summed E-state index contributed by atoms with van der Waals surface area (Å²) in [6.45, 7) is 1.61. The number of hydrogen-bond donors (Lipinski definition) is 2. The maximum Gasteiger partial charge on any atom is 0.215 e. The van der Waals surface area contributed by atoms with Crippen LogP contribution in [-0.4, -0.2) is 30.4 Å². The van der Waals surface area contributed by atoms with E-state index in [1.54, 1.807) is 0 Å². The highest BCUT2D eigenvalue weighted by Crippen LogP contribution is 1.97. The Balaban J connectivity index is 2.53. The summed E-state index contributed by atoms with van der Waals surface area (Å²) >= 11 is 0. The smallest absolute Gasteiger partial charge is 0.215 e. The molecule has 1 atom stereocenters. The van der Waals surface area contributed by atoms with Crippen LogP contribution in [-0.2, 0) is 16.6 Å². The first-order chi connectivity index (χ1) is 6.56. The summed E-state index contributed by atoms with van der Waals surface area (Å²) in [7, 11) is -3.38. The van der Waals surface area contributed by atoms with Crippen LogP contribution in [0.25, 0.3) is 0 Å². The van der Waals surface area contributed by atoms with Crippen molar-refractivity contribution >= 4 is 10.0 Å². The summed E-state index contributed by atoms with van der Waals surface area (Å²) < 4.78 is 29.5. The SMILES string of the molecule is CC(CN)S(=O)(=O)NCc1ncon1. The summed E-state index contributed by atoms with van der Waals surface area (Å²) in [6.07, 6.45) is 1.13. The average molecular weight is 220 g/mol. The Bertz CT molecular complexity index is 360. The third-order valence-electron chi connectivity index (χ3n) is 1.70. The molecule has 14 heavy (non-hydrogen) atoms. The van der Waals surface area contributed by atoms with E-state index in [1.807, 2.05) is 0 Å². The van der Waals surface area contributed by atoms with Gasteiger partial charge in [0, 0.05) is 6.54 Å². The van der Waals surface area contributed by atoms with Crippen molar-refractivity contribution in [3.63, 3.8) is 0 Å². The highest BCUT2D eigenvalue weighted by atomic mass is 32.2. The van der Waals surface area contributed by atoms with Gasteiger partial charge in [0.15, 0.2) is 5.82 Å². The molecule has 0 aliphatic heterocycles. The van der Waals surface area contributed by atoms with Crippen molar-refractivity contribution in [3.05, 3.63) is 12.2 Å². The number of nitrogens with one attached hydrogen (secondary N) is 1. The molecular weight excluding hydrogens is 208 g/mol. The van der Waals surface area contributed by atoms with E-state index in [-0.39, 0.29) is 18.9 Å². The third-order valence-corrected chi connectivity index (χ3v) is 3.50. The van der Waals surface area contributed by atoms with E-state index < -0.39 is 15.3 Å². The maximum atomic E-state index is 11.4. The van der Waals surface area contributed by atoms with Crippen molar-refractivity contribution in [1.82, 2.24) is 14.9 Å². The van der Waals surface area contributed by atoms with Gasteiger partial charge in [0.2, 0.25) is 16.4 Å². The molecule has 0 spiro atoms. The largest absolute Gasteiger partial charge is 0.343 e. The van der Waals surface area contributed by atoms with Crippen molar-refractivity contribution in [2.75, 3.05) is 6.54 Å². The van der Waals surface area contributed by atoms with Gasteiger partial charge in [0.05, 0.1) is 11.8 Å². The van der Waals surface area contributed by atoms with Gasteiger partial charge in [0.25, 0.3) is 0 Å². The zero-order chi connectivity index (χ0) is 10.6. The number of rotatable bonds is 5. The summed E-state index contributed by atoms with van der Waals surface area (Å²) in [4.78, 5) is 3.67. The molecule has 1 aromatic rings. The predicted octanol–water partition coefficient (Wildman–Crippen LogP) is -1.16. The van der Waals surface area contributed by atoms with Crippen molar-refractivity contribution in [2.45, 2.75) is 18.7 Å². The first kappa shape index (κ1) is 11.1. The fraction of sp³-hybridized carbons (Fsp3) is 0.667. The van der Waals surface area contributed by atoms with Gasteiger partial charge in [0.1, 0.15) is 0 Å². The quantitative estimate of drug-likeness (QED) is 0.647. The first-order valence-electron chi connectivity index (χ1n) is 4.00. The zero-order valence-electron chi connectivity index (χ0n) is 7.67. The third kappa shape index (κ3) is 2.76. The molecule has 0 aromatic carbocycles. The molecule has 1 unspecified atom stereocenters. The molecule has 80 valence electrons. The minimum Gasteiger partial charge on any atom is -0.343 e. The highest BCUT2D eigenvalue weighted by Gasteiger charge is 2.18. The van der Waals surface area contributed by atoms with Crippen LogP contribution in [0.3, 0.4) is 0 Å². The van der Waals surface area contributed by atoms with Gasteiger partial charge in [-0.25, -0.2) is 13.1 Å². The molecular formula is C6H12N4O3S. The number of sulfonamides is 1. The van der Waals surface area contributed by atoms with Gasteiger partial charge in [-0.1, -0.05) is 5.16 Å². The second-order valence-corrected chi connectivity index (χ2v) is 4.94. The van der Waals surface area contributed by atoms with Crippen LogP contribution < -0.4 is 10.5 Å². The summed E-state index contributed by atoms with van der Waals surface area (Å²) in [5, 5.41) is 2.83. The minimum absolute atomic E-state index is 0.0170. The normalized spacial score (nSPS) is 14.1. The van der Waals surface area contributed by atoms with E-state index in [4.69, 9.17) is 5.73 Å². The Kier molecular flexibility index (Phi) is 3.55. The molecule has 7 nitrogen and oxygen atoms in total. The lowest BCUT2D eigenvalue weighted by Crippen LogP contribution is -2.36. The molecule has 1 rings (SSSR count). The van der Waals surface area contributed by atoms with Crippen LogP contribution in [0.1, 0.15) is 12.7 Å². The average Bonchev–Trinajstić information content (AvgIpc) is 2.66. The molecule has 0 aliphatic rings. The van der Waals surface area contributed by atoms with Gasteiger partial charge in [-0.15, -0.1) is 0 Å². The van der Waals surface area contributed by atoms with Crippen molar-refractivity contribution < 1.29 is 12.9 Å². The van der Waals surface area contributed by atoms with E-state index in [0.717, 1.165) is 6.39 Å². The monoisotopic (exact) mass is 220 g/mol. The Morgan fingerprint density at radius 1 is 1.71 bits per heavy atom. The van der Waals surface area contributed by atoms with Gasteiger partial charge in [-0.3, -0.25) is 0 Å². The standard InChI is InChI=1S/C6H12N4O3S/c1-5(2-7)14(11,12)9-3-6-8-4-13-10-6/h4-5,9H,2-3,7H2,1H3. The van der Waals surface area contributed by atoms with Crippen LogP contribution >= 0.6 is 0 Å². The number of aromatic nitrogens is 2. The minimum atomic E-state index is -3.38. The van der Waals surface area contributed by atoms with Gasteiger partial charge < -0.3 is 10.3 Å². The van der Waals surface area contributed by atoms with E-state index in [9.17, 15) is 8.42 Å². The molecule has 1 aromatic heterocycles. The van der Waals surface area contributed by atoms with Crippen LogP contribution in [0, 0.1) is 0 Å². The molecule has 0 saturated heterocycles. The van der Waals surface area contributed by atoms with E-state index in [0.29, 0.717) is 0 Å². The van der Waals surface area contributed by atoms with E-state index >= 15 is 0 Å². The topological polar surface area (TPSA) is 111 Å². The molecule has 0 amide bonds. The van der Waals surface area contributed by atoms with Gasteiger partial charge >= 0.3 is 0 Å². The Morgan fingerprint density at radius 3 is 2.93 bits per heavy atom. The highest BCUT2D eigenvalue weighted by molar-refractivity contribution is 7.90.